The lowest BCUT2D eigenvalue weighted by molar-refractivity contribution is -0.142. The Bertz CT molecular complexity index is 1410. The molecular weight excluding hydrogens is 505 g/mol. The Hall–Kier alpha value is -4.45. The molecule has 0 amide bonds. The molecule has 5 rings (SSSR count). The van der Waals surface area contributed by atoms with E-state index in [2.05, 4.69) is 5.16 Å². The van der Waals surface area contributed by atoms with Crippen LogP contribution in [-0.2, 0) is 28.3 Å². The van der Waals surface area contributed by atoms with Crippen molar-refractivity contribution in [3.8, 4) is 11.5 Å². The maximum absolute atomic E-state index is 13.5. The quantitative estimate of drug-likeness (QED) is 0.0898. The Kier molecular flexibility index (Phi) is 8.86. The molecule has 0 aromatic heterocycles. The number of nitrogens with zero attached hydrogens (tertiary/aromatic N) is 1. The van der Waals surface area contributed by atoms with Crippen LogP contribution in [0.4, 0.5) is 4.39 Å². The molecule has 1 aliphatic carbocycles. The second-order valence-electron chi connectivity index (χ2n) is 10.00. The number of oxime groups is 1. The second-order valence-corrected chi connectivity index (χ2v) is 10.00. The van der Waals surface area contributed by atoms with Crippen molar-refractivity contribution in [1.82, 2.24) is 0 Å². The highest BCUT2D eigenvalue weighted by Crippen LogP contribution is 2.41. The monoisotopic (exact) mass is 537 g/mol. The molecular formula is C34H32FNO4. The molecule has 0 bridgehead atoms. The standard InChI is InChI=1S/C34H32FNO4/c35-30-17-15-29(16-18-30)34(21-7-2-8-22-34)33(37)40-31-19-13-26(14-20-31)23-36-39-25-28-11-5-6-12-32(28)38-24-27-9-3-1-4-10-27/h1,3-6,9-20,23H,2,7-8,21-22,24-25H2/b36-23+. The van der Waals surface area contributed by atoms with E-state index < -0.39 is 5.41 Å². The molecule has 1 saturated carbocycles. The number of para-hydroxylation sites is 1. The zero-order valence-electron chi connectivity index (χ0n) is 22.3. The van der Waals surface area contributed by atoms with Crippen molar-refractivity contribution in [2.45, 2.75) is 50.7 Å². The maximum atomic E-state index is 13.5. The number of rotatable bonds is 10. The van der Waals surface area contributed by atoms with E-state index in [4.69, 9.17) is 14.3 Å². The van der Waals surface area contributed by atoms with Crippen molar-refractivity contribution in [1.29, 1.82) is 0 Å². The minimum Gasteiger partial charge on any atom is -0.488 e. The van der Waals surface area contributed by atoms with E-state index in [0.29, 0.717) is 25.2 Å². The number of esters is 1. The lowest BCUT2D eigenvalue weighted by atomic mass is 9.69. The molecule has 0 radical (unpaired) electrons. The summed E-state index contributed by atoms with van der Waals surface area (Å²) in [5.74, 6) is 0.602. The van der Waals surface area contributed by atoms with Gasteiger partial charge >= 0.3 is 5.97 Å². The number of hydrogen-bond acceptors (Lipinski definition) is 5. The predicted molar refractivity (Wildman–Crippen MR) is 153 cm³/mol. The summed E-state index contributed by atoms with van der Waals surface area (Å²) in [5.41, 5.74) is 2.86. The van der Waals surface area contributed by atoms with Gasteiger partial charge in [-0.15, -0.1) is 0 Å². The number of hydrogen-bond donors (Lipinski definition) is 0. The Morgan fingerprint density at radius 2 is 1.50 bits per heavy atom. The molecule has 0 spiro atoms. The summed E-state index contributed by atoms with van der Waals surface area (Å²) in [6.45, 7) is 0.742. The molecule has 1 aliphatic rings. The zero-order valence-corrected chi connectivity index (χ0v) is 22.3. The van der Waals surface area contributed by atoms with Crippen LogP contribution in [0.1, 0.15) is 54.4 Å². The highest BCUT2D eigenvalue weighted by molar-refractivity contribution is 5.85. The molecule has 204 valence electrons. The highest BCUT2D eigenvalue weighted by atomic mass is 19.1. The normalized spacial score (nSPS) is 14.5. The van der Waals surface area contributed by atoms with Gasteiger partial charge in [0, 0.05) is 5.56 Å². The first-order valence-electron chi connectivity index (χ1n) is 13.6. The summed E-state index contributed by atoms with van der Waals surface area (Å²) in [6, 6.07) is 31.1. The van der Waals surface area contributed by atoms with Crippen molar-refractivity contribution in [3.05, 3.63) is 131 Å². The van der Waals surface area contributed by atoms with Gasteiger partial charge in [-0.3, -0.25) is 4.79 Å². The van der Waals surface area contributed by atoms with Crippen LogP contribution >= 0.6 is 0 Å². The Balaban J connectivity index is 1.16. The SMILES string of the molecule is O=C(Oc1ccc(/C=N/OCc2ccccc2OCc2ccccc2)cc1)C1(c2ccc(F)cc2)CCCCC1. The van der Waals surface area contributed by atoms with Gasteiger partial charge in [-0.05, 0) is 72.0 Å². The van der Waals surface area contributed by atoms with E-state index in [-0.39, 0.29) is 18.4 Å². The van der Waals surface area contributed by atoms with Gasteiger partial charge in [-0.2, -0.15) is 0 Å². The molecule has 0 atom stereocenters. The number of ether oxygens (including phenoxy) is 2. The molecule has 0 heterocycles. The fourth-order valence-corrected chi connectivity index (χ4v) is 5.07. The molecule has 1 fully saturated rings. The summed E-state index contributed by atoms with van der Waals surface area (Å²) in [7, 11) is 0. The van der Waals surface area contributed by atoms with Crippen LogP contribution in [0.25, 0.3) is 0 Å². The summed E-state index contributed by atoms with van der Waals surface area (Å²) in [4.78, 5) is 18.9. The Labute approximate surface area is 234 Å². The molecule has 40 heavy (non-hydrogen) atoms. The summed E-state index contributed by atoms with van der Waals surface area (Å²) >= 11 is 0. The van der Waals surface area contributed by atoms with Gasteiger partial charge in [-0.1, -0.05) is 85.1 Å². The topological polar surface area (TPSA) is 57.1 Å². The molecule has 5 nitrogen and oxygen atoms in total. The first-order chi connectivity index (χ1) is 19.6. The zero-order chi connectivity index (χ0) is 27.6. The van der Waals surface area contributed by atoms with Crippen molar-refractivity contribution in [2.75, 3.05) is 0 Å². The van der Waals surface area contributed by atoms with Crippen molar-refractivity contribution < 1.29 is 23.5 Å². The van der Waals surface area contributed by atoms with E-state index in [0.717, 1.165) is 47.3 Å². The molecule has 4 aromatic rings. The average Bonchev–Trinajstić information content (AvgIpc) is 3.01. The molecule has 0 N–H and O–H groups in total. The average molecular weight is 538 g/mol. The van der Waals surface area contributed by atoms with Crippen LogP contribution < -0.4 is 9.47 Å². The van der Waals surface area contributed by atoms with E-state index in [1.165, 1.54) is 12.1 Å². The molecule has 6 heteroatoms. The molecule has 0 unspecified atom stereocenters. The third-order valence-corrected chi connectivity index (χ3v) is 7.29. The Morgan fingerprint density at radius 1 is 0.800 bits per heavy atom. The largest absolute Gasteiger partial charge is 0.488 e. The fraction of sp³-hybridized carbons (Fsp3) is 0.235. The van der Waals surface area contributed by atoms with Crippen LogP contribution in [0.2, 0.25) is 0 Å². The summed E-state index contributed by atoms with van der Waals surface area (Å²) < 4.78 is 25.3. The minimum atomic E-state index is -0.749. The van der Waals surface area contributed by atoms with Gasteiger partial charge in [0.1, 0.15) is 30.5 Å². The van der Waals surface area contributed by atoms with Gasteiger partial charge in [0.2, 0.25) is 0 Å². The smallest absolute Gasteiger partial charge is 0.321 e. The maximum Gasteiger partial charge on any atom is 0.321 e. The number of benzene rings is 4. The van der Waals surface area contributed by atoms with Gasteiger partial charge < -0.3 is 14.3 Å². The molecule has 0 saturated heterocycles. The van der Waals surface area contributed by atoms with E-state index in [1.54, 1.807) is 30.5 Å². The highest BCUT2D eigenvalue weighted by Gasteiger charge is 2.43. The lowest BCUT2D eigenvalue weighted by Gasteiger charge is -2.35. The second kappa shape index (κ2) is 13.1. The van der Waals surface area contributed by atoms with Gasteiger partial charge in [0.15, 0.2) is 0 Å². The number of halogens is 1. The Morgan fingerprint density at radius 3 is 2.25 bits per heavy atom. The predicted octanol–water partition coefficient (Wildman–Crippen LogP) is 7.76. The first-order valence-corrected chi connectivity index (χ1v) is 13.6. The molecule has 4 aromatic carbocycles. The third kappa shape index (κ3) is 6.75. The van der Waals surface area contributed by atoms with Crippen LogP contribution in [0, 0.1) is 5.82 Å². The van der Waals surface area contributed by atoms with Crippen LogP contribution in [-0.4, -0.2) is 12.2 Å². The minimum absolute atomic E-state index is 0.266. The van der Waals surface area contributed by atoms with Crippen molar-refractivity contribution >= 4 is 12.2 Å². The lowest BCUT2D eigenvalue weighted by Crippen LogP contribution is -2.41. The number of carbonyl (C=O) groups is 1. The fourth-order valence-electron chi connectivity index (χ4n) is 5.07. The van der Waals surface area contributed by atoms with E-state index in [1.807, 2.05) is 66.7 Å². The summed E-state index contributed by atoms with van der Waals surface area (Å²) in [5, 5.41) is 4.10. The van der Waals surface area contributed by atoms with E-state index in [9.17, 15) is 9.18 Å². The van der Waals surface area contributed by atoms with Crippen molar-refractivity contribution in [2.24, 2.45) is 5.16 Å². The van der Waals surface area contributed by atoms with E-state index >= 15 is 0 Å². The molecule has 0 aliphatic heterocycles. The van der Waals surface area contributed by atoms with Crippen molar-refractivity contribution in [3.63, 3.8) is 0 Å². The summed E-state index contributed by atoms with van der Waals surface area (Å²) in [6.07, 6.45) is 5.95. The van der Waals surface area contributed by atoms with Gasteiger partial charge in [0.05, 0.1) is 11.6 Å². The third-order valence-electron chi connectivity index (χ3n) is 7.29. The first kappa shape index (κ1) is 27.1. The van der Waals surface area contributed by atoms with Crippen LogP contribution in [0.5, 0.6) is 11.5 Å². The van der Waals surface area contributed by atoms with Crippen LogP contribution in [0.3, 0.4) is 0 Å². The van der Waals surface area contributed by atoms with Gasteiger partial charge in [-0.25, -0.2) is 4.39 Å². The van der Waals surface area contributed by atoms with Crippen LogP contribution in [0.15, 0.2) is 108 Å². The number of carbonyl (C=O) groups excluding carboxylic acids is 1. The van der Waals surface area contributed by atoms with Gasteiger partial charge in [0.25, 0.3) is 0 Å².